The second-order valence-electron chi connectivity index (χ2n) is 12.6. The number of carboxylic acids is 1. The summed E-state index contributed by atoms with van der Waals surface area (Å²) in [6.45, 7) is 8.33. The predicted octanol–water partition coefficient (Wildman–Crippen LogP) is 8.45. The number of fused-ring (bicyclic) bond motifs is 9. The fraction of sp³-hybridized carbons (Fsp3) is 0.324. The van der Waals surface area contributed by atoms with Crippen molar-refractivity contribution in [2.45, 2.75) is 65.1 Å². The van der Waals surface area contributed by atoms with Gasteiger partial charge in [0.25, 0.3) is 0 Å². The second kappa shape index (κ2) is 12.9. The lowest BCUT2D eigenvalue weighted by Crippen LogP contribution is -2.29. The lowest BCUT2D eigenvalue weighted by atomic mass is 9.98. The Bertz CT molecular complexity index is 1880. The molecule has 0 saturated heterocycles. The minimum Gasteiger partial charge on any atom is -0.494 e. The van der Waals surface area contributed by atoms with Crippen LogP contribution in [0.25, 0.3) is 39.3 Å². The minimum absolute atomic E-state index is 0.357. The lowest BCUT2D eigenvalue weighted by Gasteiger charge is -2.27. The van der Waals surface area contributed by atoms with E-state index in [-0.39, 0.29) is 5.82 Å². The zero-order valence-electron chi connectivity index (χ0n) is 26.5. The van der Waals surface area contributed by atoms with E-state index in [1.54, 1.807) is 17.5 Å². The number of aromatic nitrogens is 3. The fourth-order valence-corrected chi connectivity index (χ4v) is 5.79. The zero-order valence-corrected chi connectivity index (χ0v) is 26.5. The van der Waals surface area contributed by atoms with Crippen LogP contribution in [0.3, 0.4) is 0 Å². The topological polar surface area (TPSA) is 95.2 Å². The molecular formula is C37H38FN3O5. The first-order valence-electron chi connectivity index (χ1n) is 15.6. The van der Waals surface area contributed by atoms with Gasteiger partial charge in [0.1, 0.15) is 17.3 Å². The maximum atomic E-state index is 14.3. The molecule has 0 fully saturated rings. The number of aryl methyl sites for hydroxylation is 1. The van der Waals surface area contributed by atoms with Gasteiger partial charge in [-0.2, -0.15) is 5.10 Å². The predicted molar refractivity (Wildman–Crippen MR) is 175 cm³/mol. The third-order valence-electron chi connectivity index (χ3n) is 7.89. The smallest absolute Gasteiger partial charge is 0.337 e. The van der Waals surface area contributed by atoms with E-state index in [4.69, 9.17) is 24.3 Å². The van der Waals surface area contributed by atoms with Gasteiger partial charge in [0.2, 0.25) is 0 Å². The minimum atomic E-state index is -1.29. The molecule has 9 heteroatoms. The summed E-state index contributed by atoms with van der Waals surface area (Å²) in [5, 5.41) is 15.4. The highest BCUT2D eigenvalue weighted by Gasteiger charge is 2.33. The van der Waals surface area contributed by atoms with Gasteiger partial charge in [0.15, 0.2) is 11.8 Å². The van der Waals surface area contributed by atoms with Crippen molar-refractivity contribution in [1.82, 2.24) is 14.6 Å². The number of carboxylic acid groups (broad SMARTS) is 1. The molecule has 46 heavy (non-hydrogen) atoms. The van der Waals surface area contributed by atoms with E-state index < -0.39 is 17.7 Å². The number of aliphatic carboxylic acids is 1. The number of hydrogen-bond acceptors (Lipinski definition) is 6. The number of rotatable bonds is 3. The molecule has 1 atom stereocenters. The van der Waals surface area contributed by atoms with Crippen molar-refractivity contribution in [3.8, 4) is 45.1 Å². The molecule has 1 N–H and O–H groups in total. The Kier molecular flexibility index (Phi) is 8.77. The molecule has 0 saturated carbocycles. The Labute approximate surface area is 267 Å². The Morgan fingerprint density at radius 2 is 1.63 bits per heavy atom. The molecule has 6 bridgehead atoms. The first kappa shape index (κ1) is 31.2. The monoisotopic (exact) mass is 623 g/mol. The number of hydrogen-bond donors (Lipinski definition) is 1. The summed E-state index contributed by atoms with van der Waals surface area (Å²) in [4.78, 5) is 17.5. The van der Waals surface area contributed by atoms with Crippen molar-refractivity contribution < 1.29 is 28.5 Å². The van der Waals surface area contributed by atoms with Crippen LogP contribution in [0.4, 0.5) is 4.39 Å². The normalized spacial score (nSPS) is 14.6. The Balaban J connectivity index is 1.56. The molecule has 8 nitrogen and oxygen atoms in total. The van der Waals surface area contributed by atoms with Crippen molar-refractivity contribution in [3.63, 3.8) is 0 Å². The molecule has 2 aliphatic heterocycles. The summed E-state index contributed by atoms with van der Waals surface area (Å²) in [6, 6.07) is 21.9. The second-order valence-corrected chi connectivity index (χ2v) is 12.6. The first-order chi connectivity index (χ1) is 22.1. The molecule has 5 aromatic rings. The summed E-state index contributed by atoms with van der Waals surface area (Å²) in [6.07, 6.45) is 2.38. The zero-order chi connectivity index (χ0) is 32.4. The molecule has 0 amide bonds. The Hall–Kier alpha value is -4.76. The van der Waals surface area contributed by atoms with Gasteiger partial charge in [-0.3, -0.25) is 0 Å². The van der Waals surface area contributed by atoms with Gasteiger partial charge in [-0.1, -0.05) is 18.2 Å². The summed E-state index contributed by atoms with van der Waals surface area (Å²) in [5.74, 6) is -0.260. The van der Waals surface area contributed by atoms with Crippen molar-refractivity contribution in [1.29, 1.82) is 0 Å². The maximum Gasteiger partial charge on any atom is 0.337 e. The van der Waals surface area contributed by atoms with Crippen LogP contribution in [0.1, 0.15) is 63.8 Å². The number of ether oxygens (including phenoxy) is 3. The number of benzene rings is 3. The van der Waals surface area contributed by atoms with Gasteiger partial charge in [-0.15, -0.1) is 0 Å². The molecule has 4 heterocycles. The lowest BCUT2D eigenvalue weighted by molar-refractivity contribution is -0.160. The van der Waals surface area contributed by atoms with Crippen molar-refractivity contribution in [2.75, 3.05) is 13.2 Å². The highest BCUT2D eigenvalue weighted by atomic mass is 19.1. The van der Waals surface area contributed by atoms with Gasteiger partial charge in [-0.25, -0.2) is 18.7 Å². The third-order valence-corrected chi connectivity index (χ3v) is 7.89. The largest absolute Gasteiger partial charge is 0.494 e. The Morgan fingerprint density at radius 3 is 2.35 bits per heavy atom. The van der Waals surface area contributed by atoms with Gasteiger partial charge in [0.05, 0.1) is 30.2 Å². The summed E-state index contributed by atoms with van der Waals surface area (Å²) >= 11 is 0. The maximum absolute atomic E-state index is 14.3. The van der Waals surface area contributed by atoms with Crippen LogP contribution >= 0.6 is 0 Å². The third kappa shape index (κ3) is 6.74. The molecule has 1 unspecified atom stereocenters. The van der Waals surface area contributed by atoms with Crippen molar-refractivity contribution >= 4 is 11.6 Å². The molecule has 3 aromatic carbocycles. The van der Waals surface area contributed by atoms with E-state index in [2.05, 4.69) is 0 Å². The first-order valence-corrected chi connectivity index (χ1v) is 15.6. The van der Waals surface area contributed by atoms with Crippen LogP contribution in [-0.2, 0) is 9.53 Å². The molecule has 0 radical (unpaired) electrons. The molecular weight excluding hydrogens is 585 g/mol. The highest BCUT2D eigenvalue weighted by molar-refractivity contribution is 5.81. The van der Waals surface area contributed by atoms with Gasteiger partial charge >= 0.3 is 5.97 Å². The van der Waals surface area contributed by atoms with Crippen LogP contribution in [0, 0.1) is 12.7 Å². The quantitative estimate of drug-likeness (QED) is 0.215. The van der Waals surface area contributed by atoms with E-state index in [0.29, 0.717) is 47.3 Å². The summed E-state index contributed by atoms with van der Waals surface area (Å²) in [7, 11) is 0. The van der Waals surface area contributed by atoms with E-state index in [1.807, 2.05) is 75.4 Å². The van der Waals surface area contributed by atoms with Crippen molar-refractivity contribution in [2.24, 2.45) is 0 Å². The molecule has 2 aliphatic rings. The number of carbonyl (C=O) groups is 1. The standard InChI is InChI=1S/C37H38FN3O5/c1-23-33(35(36(42)43)46-37(2,3)4)34-24-12-15-28(16-13-24)44-18-7-5-6-8-19-45-31-21-27(38)14-17-29(31)25-10-9-11-26(20-25)30-22-32(39-23)41(34)40-30/h9-17,20-22,35H,5-8,18-19H2,1-4H3,(H,42,43). The SMILES string of the molecule is Cc1nc2cc3nn2c(c1C(OC(C)(C)C)C(=O)O)-c1ccc(cc1)OCCCCCCOc1cc(F)ccc1-c1cccc-3c1. The van der Waals surface area contributed by atoms with E-state index in [0.717, 1.165) is 53.7 Å². The molecule has 7 rings (SSSR count). The summed E-state index contributed by atoms with van der Waals surface area (Å²) in [5.41, 5.74) is 5.22. The molecule has 0 spiro atoms. The van der Waals surface area contributed by atoms with Crippen LogP contribution in [0.2, 0.25) is 0 Å². The molecule has 238 valence electrons. The van der Waals surface area contributed by atoms with E-state index in [9.17, 15) is 14.3 Å². The van der Waals surface area contributed by atoms with Gasteiger partial charge in [0, 0.05) is 40.1 Å². The van der Waals surface area contributed by atoms with E-state index in [1.165, 1.54) is 12.1 Å². The van der Waals surface area contributed by atoms with Gasteiger partial charge < -0.3 is 19.3 Å². The van der Waals surface area contributed by atoms with Crippen LogP contribution in [-0.4, -0.2) is 44.5 Å². The van der Waals surface area contributed by atoms with Crippen molar-refractivity contribution in [3.05, 3.63) is 89.9 Å². The Morgan fingerprint density at radius 1 is 0.913 bits per heavy atom. The molecule has 0 aliphatic carbocycles. The van der Waals surface area contributed by atoms with E-state index >= 15 is 0 Å². The highest BCUT2D eigenvalue weighted by Crippen LogP contribution is 2.38. The van der Waals surface area contributed by atoms with Crippen LogP contribution in [0.15, 0.2) is 72.8 Å². The van der Waals surface area contributed by atoms with Gasteiger partial charge in [-0.05, 0) is 101 Å². The molecule has 2 aromatic heterocycles. The number of halogens is 1. The van der Waals surface area contributed by atoms with Crippen LogP contribution in [0.5, 0.6) is 11.5 Å². The number of nitrogens with zero attached hydrogens (tertiary/aromatic N) is 3. The average molecular weight is 624 g/mol. The summed E-state index contributed by atoms with van der Waals surface area (Å²) < 4.78 is 34.2. The average Bonchev–Trinajstić information content (AvgIpc) is 3.44. The van der Waals surface area contributed by atoms with Crippen LogP contribution < -0.4 is 9.47 Å². The fourth-order valence-electron chi connectivity index (χ4n) is 5.79.